The zero-order valence-corrected chi connectivity index (χ0v) is 9.61. The molecule has 1 saturated carbocycles. The van der Waals surface area contributed by atoms with Crippen LogP contribution in [0.4, 0.5) is 13.2 Å². The highest BCUT2D eigenvalue weighted by Crippen LogP contribution is 2.49. The number of amides is 1. The SMILES string of the molecule is O=C(NC1(C(F)(F)F)CC1)c1cccc(S)c1. The average Bonchev–Trinajstić information content (AvgIpc) is 2.98. The first-order chi connectivity index (χ1) is 7.84. The van der Waals surface area contributed by atoms with E-state index in [-0.39, 0.29) is 18.4 Å². The van der Waals surface area contributed by atoms with Gasteiger partial charge in [-0.05, 0) is 31.0 Å². The molecule has 1 aliphatic carbocycles. The molecule has 0 radical (unpaired) electrons. The van der Waals surface area contributed by atoms with Crippen molar-refractivity contribution in [1.82, 2.24) is 5.32 Å². The molecule has 1 N–H and O–H groups in total. The van der Waals surface area contributed by atoms with Crippen LogP contribution in [0.5, 0.6) is 0 Å². The van der Waals surface area contributed by atoms with E-state index in [0.717, 1.165) is 0 Å². The van der Waals surface area contributed by atoms with E-state index in [4.69, 9.17) is 0 Å². The molecule has 1 amide bonds. The normalized spacial score (nSPS) is 17.6. The van der Waals surface area contributed by atoms with Gasteiger partial charge in [0.1, 0.15) is 5.54 Å². The Balaban J connectivity index is 2.13. The fraction of sp³-hybridized carbons (Fsp3) is 0.364. The van der Waals surface area contributed by atoms with Crippen molar-refractivity contribution in [2.75, 3.05) is 0 Å². The third-order valence-corrected chi connectivity index (χ3v) is 3.03. The second-order valence-electron chi connectivity index (χ2n) is 4.08. The van der Waals surface area contributed by atoms with Crippen LogP contribution in [-0.4, -0.2) is 17.6 Å². The molecular weight excluding hydrogens is 251 g/mol. The monoisotopic (exact) mass is 261 g/mol. The zero-order chi connectivity index (χ0) is 12.7. The molecular formula is C11H10F3NOS. The highest BCUT2D eigenvalue weighted by Gasteiger charge is 2.64. The number of alkyl halides is 3. The van der Waals surface area contributed by atoms with Crippen molar-refractivity contribution in [2.45, 2.75) is 29.5 Å². The standard InChI is InChI=1S/C11H10F3NOS/c12-11(13,14)10(4-5-10)15-9(16)7-2-1-3-8(17)6-7/h1-3,6,17H,4-5H2,(H,15,16). The first-order valence-electron chi connectivity index (χ1n) is 5.02. The largest absolute Gasteiger partial charge is 0.411 e. The van der Waals surface area contributed by atoms with Crippen molar-refractivity contribution in [3.8, 4) is 0 Å². The average molecular weight is 261 g/mol. The molecule has 0 spiro atoms. The molecule has 0 aliphatic heterocycles. The lowest BCUT2D eigenvalue weighted by molar-refractivity contribution is -0.163. The number of nitrogens with one attached hydrogen (secondary N) is 1. The number of rotatable bonds is 2. The van der Waals surface area contributed by atoms with Gasteiger partial charge in [0.25, 0.3) is 5.91 Å². The maximum atomic E-state index is 12.6. The molecule has 2 rings (SSSR count). The molecule has 0 heterocycles. The molecule has 1 fully saturated rings. The summed E-state index contributed by atoms with van der Waals surface area (Å²) in [7, 11) is 0. The van der Waals surface area contributed by atoms with Gasteiger partial charge in [-0.1, -0.05) is 6.07 Å². The van der Waals surface area contributed by atoms with Crippen LogP contribution in [0.15, 0.2) is 29.2 Å². The smallest absolute Gasteiger partial charge is 0.338 e. The Labute approximate surface area is 102 Å². The molecule has 0 unspecified atom stereocenters. The minimum atomic E-state index is -4.39. The van der Waals surface area contributed by atoms with E-state index < -0.39 is 17.6 Å². The summed E-state index contributed by atoms with van der Waals surface area (Å²) in [5, 5.41) is 2.05. The quantitative estimate of drug-likeness (QED) is 0.787. The van der Waals surface area contributed by atoms with Gasteiger partial charge in [-0.2, -0.15) is 13.2 Å². The summed E-state index contributed by atoms with van der Waals surface area (Å²) in [6, 6.07) is 6.12. The first kappa shape index (κ1) is 12.3. The van der Waals surface area contributed by atoms with Gasteiger partial charge in [-0.3, -0.25) is 4.79 Å². The fourth-order valence-corrected chi connectivity index (χ4v) is 1.77. The molecule has 17 heavy (non-hydrogen) atoms. The molecule has 6 heteroatoms. The van der Waals surface area contributed by atoms with E-state index in [0.29, 0.717) is 4.90 Å². The predicted octanol–water partition coefficient (Wildman–Crippen LogP) is 2.80. The summed E-state index contributed by atoms with van der Waals surface area (Å²) < 4.78 is 37.9. The molecule has 0 aromatic heterocycles. The van der Waals surface area contributed by atoms with Gasteiger partial charge in [-0.15, -0.1) is 12.6 Å². The van der Waals surface area contributed by atoms with E-state index in [9.17, 15) is 18.0 Å². The van der Waals surface area contributed by atoms with Crippen LogP contribution in [0.25, 0.3) is 0 Å². The summed E-state index contributed by atoms with van der Waals surface area (Å²) in [6.07, 6.45) is -4.49. The molecule has 1 aromatic rings. The van der Waals surface area contributed by atoms with Gasteiger partial charge in [0, 0.05) is 10.5 Å². The first-order valence-corrected chi connectivity index (χ1v) is 5.47. The second-order valence-corrected chi connectivity index (χ2v) is 4.60. The summed E-state index contributed by atoms with van der Waals surface area (Å²) in [4.78, 5) is 12.2. The number of benzene rings is 1. The zero-order valence-electron chi connectivity index (χ0n) is 8.71. The molecule has 0 atom stereocenters. The van der Waals surface area contributed by atoms with Gasteiger partial charge in [0.05, 0.1) is 0 Å². The van der Waals surface area contributed by atoms with Gasteiger partial charge in [0.2, 0.25) is 0 Å². The van der Waals surface area contributed by atoms with Crippen LogP contribution in [0.3, 0.4) is 0 Å². The Bertz CT molecular complexity index is 454. The van der Waals surface area contributed by atoms with Crippen molar-refractivity contribution in [3.05, 3.63) is 29.8 Å². The van der Waals surface area contributed by atoms with E-state index in [2.05, 4.69) is 17.9 Å². The van der Waals surface area contributed by atoms with Crippen LogP contribution < -0.4 is 5.32 Å². The lowest BCUT2D eigenvalue weighted by Gasteiger charge is -2.20. The van der Waals surface area contributed by atoms with E-state index in [1.807, 2.05) is 0 Å². The summed E-state index contributed by atoms with van der Waals surface area (Å²) in [6.45, 7) is 0. The maximum absolute atomic E-state index is 12.6. The van der Waals surface area contributed by atoms with Crippen molar-refractivity contribution < 1.29 is 18.0 Å². The van der Waals surface area contributed by atoms with Crippen LogP contribution in [0.1, 0.15) is 23.2 Å². The van der Waals surface area contributed by atoms with Crippen molar-refractivity contribution in [3.63, 3.8) is 0 Å². The third kappa shape index (κ3) is 2.41. The predicted molar refractivity (Wildman–Crippen MR) is 59.2 cm³/mol. The molecule has 2 nitrogen and oxygen atoms in total. The summed E-state index contributed by atoms with van der Waals surface area (Å²) in [5.74, 6) is -0.712. The van der Waals surface area contributed by atoms with Crippen LogP contribution in [-0.2, 0) is 0 Å². The highest BCUT2D eigenvalue weighted by atomic mass is 32.1. The number of hydrogen-bond donors (Lipinski definition) is 2. The number of thiol groups is 1. The van der Waals surface area contributed by atoms with E-state index in [1.54, 1.807) is 12.1 Å². The van der Waals surface area contributed by atoms with Crippen molar-refractivity contribution in [1.29, 1.82) is 0 Å². The summed E-state index contributed by atoms with van der Waals surface area (Å²) >= 11 is 4.03. The van der Waals surface area contributed by atoms with Gasteiger partial charge in [0.15, 0.2) is 0 Å². The Hall–Kier alpha value is -1.17. The van der Waals surface area contributed by atoms with Crippen LogP contribution in [0, 0.1) is 0 Å². The lowest BCUT2D eigenvalue weighted by Crippen LogP contribution is -2.47. The Morgan fingerprint density at radius 1 is 1.35 bits per heavy atom. The van der Waals surface area contributed by atoms with E-state index in [1.165, 1.54) is 12.1 Å². The number of hydrogen-bond acceptors (Lipinski definition) is 2. The number of carbonyl (C=O) groups excluding carboxylic acids is 1. The number of carbonyl (C=O) groups is 1. The van der Waals surface area contributed by atoms with Gasteiger partial charge >= 0.3 is 6.18 Å². The van der Waals surface area contributed by atoms with Crippen LogP contribution >= 0.6 is 12.6 Å². The molecule has 92 valence electrons. The Morgan fingerprint density at radius 2 is 2.00 bits per heavy atom. The Kier molecular flexibility index (Phi) is 2.85. The molecule has 1 aromatic carbocycles. The summed E-state index contributed by atoms with van der Waals surface area (Å²) in [5.41, 5.74) is -1.83. The minimum absolute atomic E-state index is 0.0528. The molecule has 0 bridgehead atoms. The molecule has 1 aliphatic rings. The van der Waals surface area contributed by atoms with Crippen molar-refractivity contribution >= 4 is 18.5 Å². The van der Waals surface area contributed by atoms with Gasteiger partial charge < -0.3 is 5.32 Å². The van der Waals surface area contributed by atoms with Crippen molar-refractivity contribution in [2.24, 2.45) is 0 Å². The van der Waals surface area contributed by atoms with Gasteiger partial charge in [-0.25, -0.2) is 0 Å². The maximum Gasteiger partial charge on any atom is 0.411 e. The van der Waals surface area contributed by atoms with Crippen LogP contribution in [0.2, 0.25) is 0 Å². The topological polar surface area (TPSA) is 29.1 Å². The Morgan fingerprint density at radius 3 is 2.47 bits per heavy atom. The number of halogens is 3. The minimum Gasteiger partial charge on any atom is -0.338 e. The highest BCUT2D eigenvalue weighted by molar-refractivity contribution is 7.80. The lowest BCUT2D eigenvalue weighted by atomic mass is 10.2. The fourth-order valence-electron chi connectivity index (χ4n) is 1.54. The second kappa shape index (κ2) is 3.94. The third-order valence-electron chi connectivity index (χ3n) is 2.75. The molecule has 0 saturated heterocycles. The van der Waals surface area contributed by atoms with E-state index >= 15 is 0 Å².